The van der Waals surface area contributed by atoms with Gasteiger partial charge in [-0.15, -0.1) is 0 Å². The van der Waals surface area contributed by atoms with Gasteiger partial charge in [-0.25, -0.2) is 16.8 Å². The normalized spacial score (nSPS) is 15.2. The fraction of sp³-hybridized carbons (Fsp3) is 0.250. The van der Waals surface area contributed by atoms with E-state index in [9.17, 15) is 16.8 Å². The van der Waals surface area contributed by atoms with Crippen LogP contribution in [0.25, 0.3) is 0 Å². The van der Waals surface area contributed by atoms with Crippen LogP contribution in [0.3, 0.4) is 0 Å². The van der Waals surface area contributed by atoms with Gasteiger partial charge < -0.3 is 0 Å². The van der Waals surface area contributed by atoms with Crippen molar-refractivity contribution < 1.29 is 16.8 Å². The molecule has 33 heavy (non-hydrogen) atoms. The molecule has 0 radical (unpaired) electrons. The molecule has 1 aliphatic rings. The Morgan fingerprint density at radius 3 is 1.94 bits per heavy atom. The quantitative estimate of drug-likeness (QED) is 0.452. The maximum absolute atomic E-state index is 13.6. The highest BCUT2D eigenvalue weighted by Gasteiger charge is 2.29. The van der Waals surface area contributed by atoms with E-state index in [2.05, 4.69) is 0 Å². The summed E-state index contributed by atoms with van der Waals surface area (Å²) in [6.45, 7) is 1.23. The van der Waals surface area contributed by atoms with E-state index in [1.807, 2.05) is 36.4 Å². The van der Waals surface area contributed by atoms with E-state index in [1.54, 1.807) is 18.2 Å². The van der Waals surface area contributed by atoms with Crippen molar-refractivity contribution in [3.63, 3.8) is 0 Å². The van der Waals surface area contributed by atoms with Crippen molar-refractivity contribution in [3.05, 3.63) is 95.0 Å². The van der Waals surface area contributed by atoms with Crippen LogP contribution in [0.5, 0.6) is 0 Å². The van der Waals surface area contributed by atoms with Gasteiger partial charge in [-0.3, -0.25) is 0 Å². The molecule has 0 saturated carbocycles. The number of rotatable bonds is 8. The van der Waals surface area contributed by atoms with Crippen LogP contribution in [0.15, 0.2) is 88.7 Å². The van der Waals surface area contributed by atoms with Gasteiger partial charge in [0.25, 0.3) is 0 Å². The molecule has 3 aromatic rings. The summed E-state index contributed by atoms with van der Waals surface area (Å²) < 4.78 is 55.6. The van der Waals surface area contributed by atoms with Crippen molar-refractivity contribution in [2.75, 3.05) is 13.1 Å². The Bertz CT molecular complexity index is 1310. The second-order valence-electron chi connectivity index (χ2n) is 7.93. The zero-order chi connectivity index (χ0) is 23.5. The van der Waals surface area contributed by atoms with E-state index in [1.165, 1.54) is 32.9 Å². The molecule has 1 aliphatic heterocycles. The fourth-order valence-corrected chi connectivity index (χ4v) is 6.96. The summed E-state index contributed by atoms with van der Waals surface area (Å²) in [5.41, 5.74) is 1.52. The monoisotopic (exact) mass is 504 g/mol. The SMILES string of the molecule is O=S(=O)(c1ccc(S(=O)(=O)N(Cc2ccccc2)Cc2ccccc2Cl)cc1)N1CCCC1. The van der Waals surface area contributed by atoms with Crippen LogP contribution in [0, 0.1) is 0 Å². The summed E-state index contributed by atoms with van der Waals surface area (Å²) in [6.07, 6.45) is 1.67. The molecular formula is C24H25ClN2O4S2. The number of sulfonamides is 2. The summed E-state index contributed by atoms with van der Waals surface area (Å²) in [5, 5.41) is 0.484. The van der Waals surface area contributed by atoms with Crippen LogP contribution < -0.4 is 0 Å². The lowest BCUT2D eigenvalue weighted by Gasteiger charge is -2.23. The topological polar surface area (TPSA) is 74.8 Å². The third-order valence-corrected chi connectivity index (χ3v) is 9.76. The van der Waals surface area contributed by atoms with Gasteiger partial charge in [-0.2, -0.15) is 8.61 Å². The molecule has 174 valence electrons. The molecule has 3 aromatic carbocycles. The lowest BCUT2D eigenvalue weighted by atomic mass is 10.2. The molecule has 1 saturated heterocycles. The summed E-state index contributed by atoms with van der Waals surface area (Å²) >= 11 is 6.31. The van der Waals surface area contributed by atoms with Gasteiger partial charge in [-0.05, 0) is 54.3 Å². The van der Waals surface area contributed by atoms with Crippen molar-refractivity contribution in [2.45, 2.75) is 35.7 Å². The molecule has 0 bridgehead atoms. The van der Waals surface area contributed by atoms with E-state index in [0.717, 1.165) is 18.4 Å². The first kappa shape index (κ1) is 23.9. The number of benzene rings is 3. The molecule has 0 unspecified atom stereocenters. The minimum Gasteiger partial charge on any atom is -0.207 e. The Morgan fingerprint density at radius 1 is 0.727 bits per heavy atom. The second kappa shape index (κ2) is 9.95. The molecule has 0 amide bonds. The van der Waals surface area contributed by atoms with E-state index in [-0.39, 0.29) is 22.9 Å². The minimum absolute atomic E-state index is 0.0332. The molecule has 0 spiro atoms. The molecule has 0 N–H and O–H groups in total. The number of halogens is 1. The Balaban J connectivity index is 1.66. The first-order valence-electron chi connectivity index (χ1n) is 10.7. The minimum atomic E-state index is -3.93. The van der Waals surface area contributed by atoms with E-state index >= 15 is 0 Å². The van der Waals surface area contributed by atoms with Gasteiger partial charge in [0, 0.05) is 31.2 Å². The van der Waals surface area contributed by atoms with Gasteiger partial charge in [0.05, 0.1) is 9.79 Å². The molecule has 9 heteroatoms. The van der Waals surface area contributed by atoms with Crippen molar-refractivity contribution in [1.82, 2.24) is 8.61 Å². The van der Waals surface area contributed by atoms with Crippen LogP contribution in [0.2, 0.25) is 5.02 Å². The molecule has 0 aromatic heterocycles. The molecule has 1 fully saturated rings. The first-order valence-corrected chi connectivity index (χ1v) is 13.9. The maximum Gasteiger partial charge on any atom is 0.243 e. The summed E-state index contributed by atoms with van der Waals surface area (Å²) in [7, 11) is -7.55. The summed E-state index contributed by atoms with van der Waals surface area (Å²) in [5.74, 6) is 0. The first-order chi connectivity index (χ1) is 15.8. The summed E-state index contributed by atoms with van der Waals surface area (Å²) in [6, 6.07) is 21.9. The van der Waals surface area contributed by atoms with Gasteiger partial charge in [0.2, 0.25) is 20.0 Å². The molecule has 0 aliphatic carbocycles. The molecular weight excluding hydrogens is 480 g/mol. The van der Waals surface area contributed by atoms with E-state index < -0.39 is 20.0 Å². The van der Waals surface area contributed by atoms with Crippen molar-refractivity contribution >= 4 is 31.6 Å². The zero-order valence-electron chi connectivity index (χ0n) is 18.0. The van der Waals surface area contributed by atoms with Gasteiger partial charge >= 0.3 is 0 Å². The Morgan fingerprint density at radius 2 is 1.30 bits per heavy atom. The van der Waals surface area contributed by atoms with Gasteiger partial charge in [-0.1, -0.05) is 60.1 Å². The van der Waals surface area contributed by atoms with E-state index in [4.69, 9.17) is 11.6 Å². The summed E-state index contributed by atoms with van der Waals surface area (Å²) in [4.78, 5) is 0.134. The molecule has 4 rings (SSSR count). The largest absolute Gasteiger partial charge is 0.243 e. The Labute approximate surface area is 200 Å². The fourth-order valence-electron chi connectivity index (χ4n) is 3.84. The maximum atomic E-state index is 13.6. The lowest BCUT2D eigenvalue weighted by Crippen LogP contribution is -2.31. The Kier molecular flexibility index (Phi) is 7.21. The average Bonchev–Trinajstić information content (AvgIpc) is 3.37. The highest BCUT2D eigenvalue weighted by molar-refractivity contribution is 7.89. The van der Waals surface area contributed by atoms with Crippen LogP contribution in [-0.4, -0.2) is 38.5 Å². The molecule has 0 atom stereocenters. The lowest BCUT2D eigenvalue weighted by molar-refractivity contribution is 0.401. The van der Waals surface area contributed by atoms with Crippen LogP contribution >= 0.6 is 11.6 Å². The predicted octanol–water partition coefficient (Wildman–Crippen LogP) is 4.52. The van der Waals surface area contributed by atoms with Crippen molar-refractivity contribution in [2.24, 2.45) is 0 Å². The standard InChI is InChI=1S/C24H25ClN2O4S2/c25-24-11-5-4-10-21(24)19-27(18-20-8-2-1-3-9-20)33(30,31)23-14-12-22(13-15-23)32(28,29)26-16-6-7-17-26/h1-5,8-15H,6-7,16-19H2. The smallest absolute Gasteiger partial charge is 0.207 e. The third-order valence-electron chi connectivity index (χ3n) is 5.67. The van der Waals surface area contributed by atoms with Crippen LogP contribution in [0.1, 0.15) is 24.0 Å². The van der Waals surface area contributed by atoms with Gasteiger partial charge in [0.1, 0.15) is 0 Å². The zero-order valence-corrected chi connectivity index (χ0v) is 20.4. The van der Waals surface area contributed by atoms with Crippen LogP contribution in [0.4, 0.5) is 0 Å². The Hall–Kier alpha value is -2.23. The second-order valence-corrected chi connectivity index (χ2v) is 12.2. The highest BCUT2D eigenvalue weighted by atomic mass is 35.5. The number of nitrogens with zero attached hydrogens (tertiary/aromatic N) is 2. The molecule has 6 nitrogen and oxygen atoms in total. The van der Waals surface area contributed by atoms with Gasteiger partial charge in [0.15, 0.2) is 0 Å². The average molecular weight is 505 g/mol. The predicted molar refractivity (Wildman–Crippen MR) is 129 cm³/mol. The van der Waals surface area contributed by atoms with Crippen molar-refractivity contribution in [1.29, 1.82) is 0 Å². The number of hydrogen-bond donors (Lipinski definition) is 0. The third kappa shape index (κ3) is 5.31. The van der Waals surface area contributed by atoms with Crippen LogP contribution in [-0.2, 0) is 33.1 Å². The molecule has 1 heterocycles. The highest BCUT2D eigenvalue weighted by Crippen LogP contribution is 2.27. The van der Waals surface area contributed by atoms with E-state index in [0.29, 0.717) is 23.7 Å². The van der Waals surface area contributed by atoms with Crippen molar-refractivity contribution in [3.8, 4) is 0 Å². The number of hydrogen-bond acceptors (Lipinski definition) is 4.